The quantitative estimate of drug-likeness (QED) is 0.591. The van der Waals surface area contributed by atoms with Crippen molar-refractivity contribution in [2.75, 3.05) is 7.11 Å². The van der Waals surface area contributed by atoms with Crippen LogP contribution in [0.5, 0.6) is 0 Å². The Hall–Kier alpha value is -2.39. The zero-order valence-electron chi connectivity index (χ0n) is 13.1. The first-order chi connectivity index (χ1) is 11.6. The molecule has 0 aliphatic carbocycles. The molecule has 1 unspecified atom stereocenters. The van der Waals surface area contributed by atoms with Gasteiger partial charge < -0.3 is 14.8 Å². The predicted molar refractivity (Wildman–Crippen MR) is 75.8 cm³/mol. The van der Waals surface area contributed by atoms with Gasteiger partial charge in [-0.15, -0.1) is 0 Å². The maximum atomic E-state index is 12.9. The van der Waals surface area contributed by atoms with E-state index in [9.17, 15) is 31.5 Å². The lowest BCUT2D eigenvalue weighted by molar-refractivity contribution is -0.284. The number of amides is 1. The fraction of sp³-hybridized carbons (Fsp3) is 0.467. The third-order valence-electron chi connectivity index (χ3n) is 3.15. The van der Waals surface area contributed by atoms with Crippen molar-refractivity contribution in [3.8, 4) is 0 Å². The number of carbonyl (C=O) groups is 2. The average Bonchev–Trinajstić information content (AvgIpc) is 2.56. The number of benzene rings is 1. The standard InChI is InChI=1S/C15H16F5NO4/c1-24-12(22)11(7-8-14(16,17)15(18,19)20)21-13(23)25-9-10-5-3-2-4-6-10/h2-6,11H,7-9H2,1H3,(H,21,23). The number of methoxy groups -OCH3 is 1. The molecule has 0 fully saturated rings. The summed E-state index contributed by atoms with van der Waals surface area (Å²) >= 11 is 0. The molecule has 0 aromatic heterocycles. The number of halogens is 5. The van der Waals surface area contributed by atoms with E-state index in [1.165, 1.54) is 0 Å². The average molecular weight is 369 g/mol. The van der Waals surface area contributed by atoms with Gasteiger partial charge >= 0.3 is 24.2 Å². The van der Waals surface area contributed by atoms with E-state index < -0.39 is 43.0 Å². The van der Waals surface area contributed by atoms with Gasteiger partial charge in [-0.25, -0.2) is 9.59 Å². The molecular formula is C15H16F5NO4. The highest BCUT2D eigenvalue weighted by Gasteiger charge is 2.57. The normalized spacial score (nSPS) is 13.0. The van der Waals surface area contributed by atoms with Crippen molar-refractivity contribution in [2.24, 2.45) is 0 Å². The number of alkyl carbamates (subject to hydrolysis) is 1. The molecule has 10 heteroatoms. The molecule has 1 N–H and O–H groups in total. The number of hydrogen-bond acceptors (Lipinski definition) is 4. The molecule has 0 heterocycles. The van der Waals surface area contributed by atoms with E-state index in [1.807, 2.05) is 5.32 Å². The Kier molecular flexibility index (Phi) is 7.13. The minimum absolute atomic E-state index is 0.167. The molecule has 1 atom stereocenters. The minimum atomic E-state index is -5.75. The summed E-state index contributed by atoms with van der Waals surface area (Å²) in [6, 6.07) is 6.71. The molecule has 1 aromatic rings. The maximum Gasteiger partial charge on any atom is 0.453 e. The van der Waals surface area contributed by atoms with Gasteiger partial charge in [0.2, 0.25) is 0 Å². The molecule has 1 aromatic carbocycles. The number of esters is 1. The Morgan fingerprint density at radius 1 is 1.12 bits per heavy atom. The zero-order chi connectivity index (χ0) is 19.1. The lowest BCUT2D eigenvalue weighted by atomic mass is 10.1. The Balaban J connectivity index is 2.61. The van der Waals surface area contributed by atoms with Crippen LogP contribution in [0.2, 0.25) is 0 Å². The predicted octanol–water partition coefficient (Wildman–Crippen LogP) is 3.43. The second-order valence-corrected chi connectivity index (χ2v) is 5.02. The summed E-state index contributed by atoms with van der Waals surface area (Å²) in [7, 11) is 0.911. The van der Waals surface area contributed by atoms with E-state index in [-0.39, 0.29) is 6.61 Å². The summed E-state index contributed by atoms with van der Waals surface area (Å²) in [4.78, 5) is 23.1. The van der Waals surface area contributed by atoms with E-state index >= 15 is 0 Å². The summed E-state index contributed by atoms with van der Waals surface area (Å²) in [6.45, 7) is -0.167. The van der Waals surface area contributed by atoms with Crippen molar-refractivity contribution in [1.82, 2.24) is 5.32 Å². The fourth-order valence-electron chi connectivity index (χ4n) is 1.77. The number of rotatable bonds is 7. The minimum Gasteiger partial charge on any atom is -0.467 e. The molecular weight excluding hydrogens is 353 g/mol. The molecule has 25 heavy (non-hydrogen) atoms. The maximum absolute atomic E-state index is 12.9. The van der Waals surface area contributed by atoms with Gasteiger partial charge in [0.15, 0.2) is 0 Å². The summed E-state index contributed by atoms with van der Waals surface area (Å²) in [6.07, 6.45) is -9.55. The molecule has 1 amide bonds. The molecule has 0 bridgehead atoms. The van der Waals surface area contributed by atoms with Crippen molar-refractivity contribution in [3.05, 3.63) is 35.9 Å². The Bertz CT molecular complexity index is 577. The number of ether oxygens (including phenoxy) is 2. The van der Waals surface area contributed by atoms with Gasteiger partial charge in [0.05, 0.1) is 7.11 Å². The molecule has 0 aliphatic rings. The third-order valence-corrected chi connectivity index (χ3v) is 3.15. The van der Waals surface area contributed by atoms with Crippen LogP contribution >= 0.6 is 0 Å². The largest absolute Gasteiger partial charge is 0.467 e. The second kappa shape index (κ2) is 8.63. The first-order valence-corrected chi connectivity index (χ1v) is 7.06. The van der Waals surface area contributed by atoms with Crippen molar-refractivity contribution < 1.29 is 41.0 Å². The summed E-state index contributed by atoms with van der Waals surface area (Å²) in [5.74, 6) is -6.15. The Morgan fingerprint density at radius 2 is 1.72 bits per heavy atom. The van der Waals surface area contributed by atoms with Crippen LogP contribution in [-0.2, 0) is 20.9 Å². The van der Waals surface area contributed by atoms with Crippen LogP contribution in [0.4, 0.5) is 26.7 Å². The number of carbonyl (C=O) groups excluding carboxylic acids is 2. The van der Waals surface area contributed by atoms with Crippen LogP contribution in [0.3, 0.4) is 0 Å². The van der Waals surface area contributed by atoms with E-state index in [0.717, 1.165) is 7.11 Å². The molecule has 0 aliphatic heterocycles. The van der Waals surface area contributed by atoms with Gasteiger partial charge in [-0.2, -0.15) is 22.0 Å². The molecule has 1 rings (SSSR count). The number of nitrogens with one attached hydrogen (secondary N) is 1. The Morgan fingerprint density at radius 3 is 2.24 bits per heavy atom. The highest BCUT2D eigenvalue weighted by molar-refractivity contribution is 5.81. The van der Waals surface area contributed by atoms with Gasteiger partial charge in [-0.3, -0.25) is 0 Å². The Labute approximate surface area is 140 Å². The smallest absolute Gasteiger partial charge is 0.453 e. The highest BCUT2D eigenvalue weighted by Crippen LogP contribution is 2.39. The van der Waals surface area contributed by atoms with Crippen LogP contribution in [0, 0.1) is 0 Å². The zero-order valence-corrected chi connectivity index (χ0v) is 13.1. The molecule has 0 saturated heterocycles. The fourth-order valence-corrected chi connectivity index (χ4v) is 1.77. The number of alkyl halides is 5. The van der Waals surface area contributed by atoms with Crippen molar-refractivity contribution in [3.63, 3.8) is 0 Å². The lowest BCUT2D eigenvalue weighted by Gasteiger charge is -2.22. The SMILES string of the molecule is COC(=O)C(CCC(F)(F)C(F)(F)F)NC(=O)OCc1ccccc1. The van der Waals surface area contributed by atoms with E-state index in [4.69, 9.17) is 4.74 Å². The topological polar surface area (TPSA) is 64.6 Å². The van der Waals surface area contributed by atoms with Crippen LogP contribution in [-0.4, -0.2) is 37.3 Å². The highest BCUT2D eigenvalue weighted by atomic mass is 19.4. The van der Waals surface area contributed by atoms with Crippen molar-refractivity contribution in [1.29, 1.82) is 0 Å². The van der Waals surface area contributed by atoms with Crippen LogP contribution in [0.25, 0.3) is 0 Å². The van der Waals surface area contributed by atoms with Crippen LogP contribution in [0.15, 0.2) is 30.3 Å². The van der Waals surface area contributed by atoms with E-state index in [0.29, 0.717) is 5.56 Å². The molecule has 5 nitrogen and oxygen atoms in total. The number of hydrogen-bond donors (Lipinski definition) is 1. The van der Waals surface area contributed by atoms with E-state index in [2.05, 4.69) is 4.74 Å². The van der Waals surface area contributed by atoms with Crippen molar-refractivity contribution in [2.45, 2.75) is 37.6 Å². The van der Waals surface area contributed by atoms with Gasteiger partial charge in [0, 0.05) is 6.42 Å². The lowest BCUT2D eigenvalue weighted by Crippen LogP contribution is -2.44. The summed E-state index contributed by atoms with van der Waals surface area (Å²) in [5.41, 5.74) is 0.621. The van der Waals surface area contributed by atoms with Gasteiger partial charge in [-0.05, 0) is 12.0 Å². The molecule has 0 radical (unpaired) electrons. The third kappa shape index (κ3) is 6.55. The summed E-state index contributed by atoms with van der Waals surface area (Å²) in [5, 5.41) is 1.93. The van der Waals surface area contributed by atoms with Crippen molar-refractivity contribution >= 4 is 12.1 Å². The molecule has 0 spiro atoms. The molecule has 140 valence electrons. The molecule has 0 saturated carbocycles. The first-order valence-electron chi connectivity index (χ1n) is 7.06. The van der Waals surface area contributed by atoms with Crippen LogP contribution in [0.1, 0.15) is 18.4 Å². The van der Waals surface area contributed by atoms with Gasteiger partial charge in [0.1, 0.15) is 12.6 Å². The first kappa shape index (κ1) is 20.7. The summed E-state index contributed by atoms with van der Waals surface area (Å²) < 4.78 is 71.4. The van der Waals surface area contributed by atoms with Crippen LogP contribution < -0.4 is 5.32 Å². The second-order valence-electron chi connectivity index (χ2n) is 5.02. The monoisotopic (exact) mass is 369 g/mol. The van der Waals surface area contributed by atoms with E-state index in [1.54, 1.807) is 30.3 Å². The van der Waals surface area contributed by atoms with Gasteiger partial charge in [0.25, 0.3) is 0 Å². The van der Waals surface area contributed by atoms with Gasteiger partial charge in [-0.1, -0.05) is 30.3 Å².